The van der Waals surface area contributed by atoms with Gasteiger partial charge in [0.15, 0.2) is 0 Å². The van der Waals surface area contributed by atoms with Gasteiger partial charge in [0, 0.05) is 16.1 Å². The van der Waals surface area contributed by atoms with Crippen LogP contribution in [0.5, 0.6) is 0 Å². The lowest BCUT2D eigenvalue weighted by atomic mass is 10.2. The number of hydrogen-bond donors (Lipinski definition) is 1. The molecular weight excluding hydrogens is 214 g/mol. The smallest absolute Gasteiger partial charge is 0.0578 e. The maximum atomic E-state index is 5.37. The van der Waals surface area contributed by atoms with Crippen molar-refractivity contribution >= 4 is 17.0 Å². The van der Waals surface area contributed by atoms with E-state index >= 15 is 0 Å². The van der Waals surface area contributed by atoms with Crippen LogP contribution in [-0.2, 0) is 0 Å². The minimum Gasteiger partial charge on any atom is -0.378 e. The molecule has 2 heteroatoms. The highest BCUT2D eigenvalue weighted by molar-refractivity contribution is 7.10. The third-order valence-electron chi connectivity index (χ3n) is 2.38. The summed E-state index contributed by atoms with van der Waals surface area (Å²) >= 11 is 1.76. The second-order valence-electron chi connectivity index (χ2n) is 3.61. The van der Waals surface area contributed by atoms with Gasteiger partial charge >= 0.3 is 0 Å². The van der Waals surface area contributed by atoms with Gasteiger partial charge in [-0.15, -0.1) is 17.8 Å². The molecule has 0 bridgehead atoms. The zero-order valence-corrected chi connectivity index (χ0v) is 9.92. The van der Waals surface area contributed by atoms with Crippen molar-refractivity contribution < 1.29 is 0 Å². The molecule has 0 radical (unpaired) electrons. The highest BCUT2D eigenvalue weighted by Crippen LogP contribution is 2.23. The Morgan fingerprint density at radius 1 is 1.31 bits per heavy atom. The number of rotatable bonds is 3. The van der Waals surface area contributed by atoms with Crippen LogP contribution in [-0.4, -0.2) is 0 Å². The summed E-state index contributed by atoms with van der Waals surface area (Å²) in [5.74, 6) is 2.64. The number of anilines is 1. The Kier molecular flexibility index (Phi) is 3.28. The van der Waals surface area contributed by atoms with Gasteiger partial charge in [0.05, 0.1) is 6.04 Å². The van der Waals surface area contributed by atoms with E-state index in [2.05, 4.69) is 35.7 Å². The maximum absolute atomic E-state index is 5.37. The van der Waals surface area contributed by atoms with Crippen molar-refractivity contribution in [2.24, 2.45) is 0 Å². The van der Waals surface area contributed by atoms with Gasteiger partial charge in [-0.25, -0.2) is 0 Å². The van der Waals surface area contributed by atoms with Gasteiger partial charge in [0.2, 0.25) is 0 Å². The average Bonchev–Trinajstić information content (AvgIpc) is 2.83. The first-order valence-corrected chi connectivity index (χ1v) is 6.04. The highest BCUT2D eigenvalue weighted by Gasteiger charge is 2.05. The molecule has 0 amide bonds. The zero-order chi connectivity index (χ0) is 11.4. The Morgan fingerprint density at radius 3 is 2.88 bits per heavy atom. The van der Waals surface area contributed by atoms with Gasteiger partial charge in [-0.05, 0) is 36.6 Å². The molecule has 1 unspecified atom stereocenters. The molecule has 0 aliphatic heterocycles. The van der Waals surface area contributed by atoms with Gasteiger partial charge < -0.3 is 5.32 Å². The molecule has 2 rings (SSSR count). The fourth-order valence-corrected chi connectivity index (χ4v) is 2.29. The topological polar surface area (TPSA) is 12.0 Å². The van der Waals surface area contributed by atoms with Gasteiger partial charge in [-0.2, -0.15) is 0 Å². The van der Waals surface area contributed by atoms with E-state index in [0.29, 0.717) is 6.04 Å². The van der Waals surface area contributed by atoms with Crippen LogP contribution in [0.1, 0.15) is 23.4 Å². The average molecular weight is 227 g/mol. The summed E-state index contributed by atoms with van der Waals surface area (Å²) in [5, 5.41) is 5.52. The van der Waals surface area contributed by atoms with Crippen LogP contribution in [0, 0.1) is 12.3 Å². The molecule has 0 fully saturated rings. The van der Waals surface area contributed by atoms with Crippen LogP contribution in [0.3, 0.4) is 0 Å². The standard InChI is InChI=1S/C14H13NS/c1-3-12-6-4-7-13(10-12)15-11(2)14-8-5-9-16-14/h1,4-11,15H,2H3. The molecule has 2 aromatic rings. The Morgan fingerprint density at radius 2 is 2.19 bits per heavy atom. The van der Waals surface area contributed by atoms with Crippen LogP contribution in [0.15, 0.2) is 41.8 Å². The minimum absolute atomic E-state index is 0.313. The Balaban J connectivity index is 2.12. The lowest BCUT2D eigenvalue weighted by molar-refractivity contribution is 0.908. The Hall–Kier alpha value is -1.72. The lowest BCUT2D eigenvalue weighted by Gasteiger charge is -2.13. The molecule has 1 aromatic carbocycles. The Labute approximate surface area is 100 Å². The summed E-state index contributed by atoms with van der Waals surface area (Å²) in [4.78, 5) is 1.33. The third-order valence-corrected chi connectivity index (χ3v) is 3.44. The Bertz CT molecular complexity index is 494. The van der Waals surface area contributed by atoms with E-state index in [-0.39, 0.29) is 0 Å². The SMILES string of the molecule is C#Cc1cccc(NC(C)c2cccs2)c1. The molecule has 1 nitrogen and oxygen atoms in total. The zero-order valence-electron chi connectivity index (χ0n) is 9.10. The molecule has 0 spiro atoms. The van der Waals surface area contributed by atoms with E-state index in [9.17, 15) is 0 Å². The first kappa shape index (κ1) is 10.8. The molecule has 1 atom stereocenters. The van der Waals surface area contributed by atoms with E-state index < -0.39 is 0 Å². The lowest BCUT2D eigenvalue weighted by Crippen LogP contribution is -2.04. The second-order valence-corrected chi connectivity index (χ2v) is 4.59. The van der Waals surface area contributed by atoms with Crippen LogP contribution in [0.4, 0.5) is 5.69 Å². The van der Waals surface area contributed by atoms with Crippen LogP contribution < -0.4 is 5.32 Å². The number of terminal acetylenes is 1. The molecule has 0 saturated carbocycles. The molecule has 16 heavy (non-hydrogen) atoms. The van der Waals surface area contributed by atoms with E-state index in [1.165, 1.54) is 4.88 Å². The van der Waals surface area contributed by atoms with Crippen LogP contribution in [0.25, 0.3) is 0 Å². The van der Waals surface area contributed by atoms with Crippen LogP contribution >= 0.6 is 11.3 Å². The summed E-state index contributed by atoms with van der Waals surface area (Å²) in [7, 11) is 0. The first-order valence-electron chi connectivity index (χ1n) is 5.16. The van der Waals surface area contributed by atoms with Gasteiger partial charge in [-0.1, -0.05) is 18.1 Å². The first-order chi connectivity index (χ1) is 7.79. The third kappa shape index (κ3) is 2.44. The quantitative estimate of drug-likeness (QED) is 0.784. The van der Waals surface area contributed by atoms with Crippen molar-refractivity contribution in [2.45, 2.75) is 13.0 Å². The number of benzene rings is 1. The molecule has 0 aliphatic carbocycles. The maximum Gasteiger partial charge on any atom is 0.0578 e. The molecule has 1 aromatic heterocycles. The normalized spacial score (nSPS) is 11.8. The van der Waals surface area contributed by atoms with Crippen LogP contribution in [0.2, 0.25) is 0 Å². The van der Waals surface area contributed by atoms with Crippen molar-refractivity contribution in [1.29, 1.82) is 0 Å². The molecular formula is C14H13NS. The fraction of sp³-hybridized carbons (Fsp3) is 0.143. The summed E-state index contributed by atoms with van der Waals surface area (Å²) < 4.78 is 0. The number of nitrogens with one attached hydrogen (secondary N) is 1. The molecule has 1 heterocycles. The summed E-state index contributed by atoms with van der Waals surface area (Å²) in [5.41, 5.74) is 1.97. The summed E-state index contributed by atoms with van der Waals surface area (Å²) in [6.45, 7) is 2.15. The predicted molar refractivity (Wildman–Crippen MR) is 70.7 cm³/mol. The molecule has 0 saturated heterocycles. The van der Waals surface area contributed by atoms with E-state index in [4.69, 9.17) is 6.42 Å². The van der Waals surface area contributed by atoms with Crippen molar-refractivity contribution in [1.82, 2.24) is 0 Å². The number of hydrogen-bond acceptors (Lipinski definition) is 2. The van der Waals surface area contributed by atoms with E-state index in [0.717, 1.165) is 11.3 Å². The van der Waals surface area contributed by atoms with E-state index in [1.807, 2.05) is 24.3 Å². The predicted octanol–water partition coefficient (Wildman–Crippen LogP) is 3.90. The van der Waals surface area contributed by atoms with Crippen molar-refractivity contribution in [2.75, 3.05) is 5.32 Å². The molecule has 80 valence electrons. The van der Waals surface area contributed by atoms with Gasteiger partial charge in [0.1, 0.15) is 0 Å². The van der Waals surface area contributed by atoms with Gasteiger partial charge in [0.25, 0.3) is 0 Å². The fourth-order valence-electron chi connectivity index (χ4n) is 1.56. The van der Waals surface area contributed by atoms with Crippen molar-refractivity contribution in [3.8, 4) is 12.3 Å². The molecule has 1 N–H and O–H groups in total. The molecule has 0 aliphatic rings. The van der Waals surface area contributed by atoms with Crippen molar-refractivity contribution in [3.05, 3.63) is 52.2 Å². The monoisotopic (exact) mass is 227 g/mol. The second kappa shape index (κ2) is 4.87. The highest BCUT2D eigenvalue weighted by atomic mass is 32.1. The van der Waals surface area contributed by atoms with Gasteiger partial charge in [-0.3, -0.25) is 0 Å². The summed E-state index contributed by atoms with van der Waals surface area (Å²) in [6.07, 6.45) is 5.37. The number of thiophene rings is 1. The van der Waals surface area contributed by atoms with Crippen molar-refractivity contribution in [3.63, 3.8) is 0 Å². The largest absolute Gasteiger partial charge is 0.378 e. The van der Waals surface area contributed by atoms with E-state index in [1.54, 1.807) is 11.3 Å². The summed E-state index contributed by atoms with van der Waals surface area (Å²) in [6, 6.07) is 12.4. The minimum atomic E-state index is 0.313.